The molecular formula is C18H24N2O2. The first-order valence-corrected chi connectivity index (χ1v) is 7.75. The summed E-state index contributed by atoms with van der Waals surface area (Å²) in [7, 11) is 0. The fourth-order valence-electron chi connectivity index (χ4n) is 2.77. The van der Waals surface area contributed by atoms with Gasteiger partial charge in [-0.05, 0) is 42.9 Å². The second-order valence-electron chi connectivity index (χ2n) is 6.26. The molecule has 0 saturated heterocycles. The molecule has 0 aliphatic carbocycles. The molecule has 22 heavy (non-hydrogen) atoms. The van der Waals surface area contributed by atoms with Gasteiger partial charge in [0.2, 0.25) is 6.41 Å². The van der Waals surface area contributed by atoms with E-state index < -0.39 is 0 Å². The van der Waals surface area contributed by atoms with Crippen LogP contribution in [0.25, 0.3) is 0 Å². The van der Waals surface area contributed by atoms with Gasteiger partial charge in [0, 0.05) is 23.8 Å². The number of hydrogen-bond acceptors (Lipinski definition) is 2. The minimum absolute atomic E-state index is 0.103. The first-order valence-electron chi connectivity index (χ1n) is 7.75. The maximum absolute atomic E-state index is 12.5. The third-order valence-electron chi connectivity index (χ3n) is 4.29. The van der Waals surface area contributed by atoms with Crippen molar-refractivity contribution < 1.29 is 9.59 Å². The Labute approximate surface area is 132 Å². The third kappa shape index (κ3) is 3.38. The highest BCUT2D eigenvalue weighted by molar-refractivity contribution is 5.98. The molecule has 1 N–H and O–H groups in total. The van der Waals surface area contributed by atoms with E-state index in [1.807, 2.05) is 24.0 Å². The normalized spacial score (nSPS) is 14.9. The van der Waals surface area contributed by atoms with E-state index >= 15 is 0 Å². The minimum Gasteiger partial charge on any atom is -0.333 e. The largest absolute Gasteiger partial charge is 0.333 e. The van der Waals surface area contributed by atoms with Crippen LogP contribution in [0.1, 0.15) is 61.0 Å². The summed E-state index contributed by atoms with van der Waals surface area (Å²) >= 11 is 0. The lowest BCUT2D eigenvalue weighted by atomic mass is 9.98. The van der Waals surface area contributed by atoms with E-state index in [-0.39, 0.29) is 11.9 Å². The molecule has 0 bridgehead atoms. The Bertz CT molecular complexity index is 593. The van der Waals surface area contributed by atoms with Crippen LogP contribution in [-0.4, -0.2) is 23.3 Å². The van der Waals surface area contributed by atoms with Crippen LogP contribution in [0.5, 0.6) is 0 Å². The third-order valence-corrected chi connectivity index (χ3v) is 4.29. The van der Waals surface area contributed by atoms with Gasteiger partial charge in [0.05, 0.1) is 0 Å². The summed E-state index contributed by atoms with van der Waals surface area (Å²) in [6.45, 7) is 10.8. The van der Waals surface area contributed by atoms with Crippen molar-refractivity contribution in [3.8, 4) is 0 Å². The Morgan fingerprint density at radius 3 is 2.77 bits per heavy atom. The topological polar surface area (TPSA) is 49.4 Å². The Morgan fingerprint density at radius 1 is 1.41 bits per heavy atom. The second-order valence-corrected chi connectivity index (χ2v) is 6.26. The molecule has 1 heterocycles. The average molecular weight is 300 g/mol. The lowest BCUT2D eigenvalue weighted by Crippen LogP contribution is -2.33. The molecule has 2 rings (SSSR count). The predicted octanol–water partition coefficient (Wildman–Crippen LogP) is 3.19. The van der Waals surface area contributed by atoms with E-state index in [0.29, 0.717) is 31.0 Å². The van der Waals surface area contributed by atoms with Gasteiger partial charge < -0.3 is 10.2 Å². The highest BCUT2D eigenvalue weighted by Gasteiger charge is 2.30. The van der Waals surface area contributed by atoms with Gasteiger partial charge >= 0.3 is 0 Å². The first-order chi connectivity index (χ1) is 10.4. The van der Waals surface area contributed by atoms with Gasteiger partial charge in [0.15, 0.2) is 0 Å². The molecule has 1 aromatic rings. The number of hydrogen-bond donors (Lipinski definition) is 1. The minimum atomic E-state index is 0.103. The molecule has 1 unspecified atom stereocenters. The number of benzene rings is 1. The molecular weight excluding hydrogens is 276 g/mol. The van der Waals surface area contributed by atoms with E-state index in [9.17, 15) is 9.59 Å². The van der Waals surface area contributed by atoms with Crippen molar-refractivity contribution in [2.75, 3.05) is 0 Å². The summed E-state index contributed by atoms with van der Waals surface area (Å²) in [6.07, 6.45) is 2.10. The van der Waals surface area contributed by atoms with Crippen molar-refractivity contribution in [1.82, 2.24) is 10.2 Å². The van der Waals surface area contributed by atoms with Gasteiger partial charge in [-0.1, -0.05) is 32.6 Å². The van der Waals surface area contributed by atoms with Gasteiger partial charge in [-0.15, -0.1) is 0 Å². The number of allylic oxidation sites excluding steroid dienone is 1. The van der Waals surface area contributed by atoms with Crippen LogP contribution in [0.4, 0.5) is 0 Å². The molecule has 1 aliphatic heterocycles. The zero-order chi connectivity index (χ0) is 16.3. The number of nitrogens with one attached hydrogen (secondary N) is 1. The maximum atomic E-state index is 12.5. The van der Waals surface area contributed by atoms with E-state index in [1.54, 1.807) is 0 Å². The Balaban J connectivity index is 2.04. The number of amides is 2. The van der Waals surface area contributed by atoms with Gasteiger partial charge in [-0.3, -0.25) is 9.59 Å². The molecule has 0 saturated carbocycles. The summed E-state index contributed by atoms with van der Waals surface area (Å²) in [5.74, 6) is 0.566. The number of fused-ring (bicyclic) bond motifs is 1. The quantitative estimate of drug-likeness (QED) is 0.786. The summed E-state index contributed by atoms with van der Waals surface area (Å²) in [5.41, 5.74) is 3.90. The summed E-state index contributed by atoms with van der Waals surface area (Å²) in [6, 6.07) is 6.27. The molecule has 118 valence electrons. The highest BCUT2D eigenvalue weighted by Crippen LogP contribution is 2.29. The lowest BCUT2D eigenvalue weighted by Gasteiger charge is -2.24. The molecule has 1 atom stereocenters. The van der Waals surface area contributed by atoms with Gasteiger partial charge in [0.1, 0.15) is 0 Å². The molecule has 4 nitrogen and oxygen atoms in total. The number of carbonyl (C=O) groups excluding carboxylic acids is 2. The number of carbonyl (C=O) groups is 2. The molecule has 0 spiro atoms. The lowest BCUT2D eigenvalue weighted by molar-refractivity contribution is -0.109. The smallest absolute Gasteiger partial charge is 0.254 e. The SMILES string of the molecule is C=C(CCC(C)N1Cc2cc(C(C)C)ccc2C1=O)NC=O. The van der Waals surface area contributed by atoms with Gasteiger partial charge in [-0.25, -0.2) is 0 Å². The van der Waals surface area contributed by atoms with Crippen LogP contribution in [0.2, 0.25) is 0 Å². The zero-order valence-corrected chi connectivity index (χ0v) is 13.6. The Kier molecular flexibility index (Phi) is 5.01. The Hall–Kier alpha value is -2.10. The Morgan fingerprint density at radius 2 is 2.14 bits per heavy atom. The fourth-order valence-corrected chi connectivity index (χ4v) is 2.77. The maximum Gasteiger partial charge on any atom is 0.254 e. The van der Waals surface area contributed by atoms with Crippen LogP contribution in [-0.2, 0) is 11.3 Å². The first kappa shape index (κ1) is 16.3. The summed E-state index contributed by atoms with van der Waals surface area (Å²) < 4.78 is 0. The fraction of sp³-hybridized carbons (Fsp3) is 0.444. The second kappa shape index (κ2) is 6.77. The van der Waals surface area contributed by atoms with Crippen LogP contribution in [0.3, 0.4) is 0 Å². The van der Waals surface area contributed by atoms with Crippen LogP contribution in [0.15, 0.2) is 30.5 Å². The average Bonchev–Trinajstić information content (AvgIpc) is 2.82. The van der Waals surface area contributed by atoms with E-state index in [1.165, 1.54) is 5.56 Å². The van der Waals surface area contributed by atoms with Gasteiger partial charge in [-0.2, -0.15) is 0 Å². The van der Waals surface area contributed by atoms with Crippen LogP contribution < -0.4 is 5.32 Å². The summed E-state index contributed by atoms with van der Waals surface area (Å²) in [5, 5.41) is 2.56. The number of nitrogens with zero attached hydrogens (tertiary/aromatic N) is 1. The van der Waals surface area contributed by atoms with Gasteiger partial charge in [0.25, 0.3) is 5.91 Å². The van der Waals surface area contributed by atoms with E-state index in [0.717, 1.165) is 17.5 Å². The van der Waals surface area contributed by atoms with E-state index in [2.05, 4.69) is 31.8 Å². The van der Waals surface area contributed by atoms with Crippen molar-refractivity contribution in [2.24, 2.45) is 0 Å². The van der Waals surface area contributed by atoms with Crippen molar-refractivity contribution in [2.45, 2.75) is 52.1 Å². The molecule has 4 heteroatoms. The van der Waals surface area contributed by atoms with Crippen LogP contribution in [0, 0.1) is 0 Å². The zero-order valence-electron chi connectivity index (χ0n) is 13.6. The molecule has 1 aromatic carbocycles. The molecule has 2 amide bonds. The molecule has 1 aliphatic rings. The van der Waals surface area contributed by atoms with Crippen molar-refractivity contribution >= 4 is 12.3 Å². The highest BCUT2D eigenvalue weighted by atomic mass is 16.2. The molecule has 0 radical (unpaired) electrons. The van der Waals surface area contributed by atoms with Crippen molar-refractivity contribution in [3.05, 3.63) is 47.2 Å². The molecule has 0 aromatic heterocycles. The van der Waals surface area contributed by atoms with Crippen molar-refractivity contribution in [3.63, 3.8) is 0 Å². The summed E-state index contributed by atoms with van der Waals surface area (Å²) in [4.78, 5) is 24.8. The molecule has 0 fully saturated rings. The number of rotatable bonds is 7. The van der Waals surface area contributed by atoms with Crippen LogP contribution >= 0.6 is 0 Å². The predicted molar refractivity (Wildman–Crippen MR) is 87.4 cm³/mol. The standard InChI is InChI=1S/C18H24N2O2/c1-12(2)15-7-8-17-16(9-15)10-20(18(17)22)14(4)6-5-13(3)19-11-21/h7-9,11-12,14H,3,5-6,10H2,1-2,4H3,(H,19,21). The van der Waals surface area contributed by atoms with Crippen molar-refractivity contribution in [1.29, 1.82) is 0 Å². The van der Waals surface area contributed by atoms with E-state index in [4.69, 9.17) is 0 Å². The monoisotopic (exact) mass is 300 g/mol.